The van der Waals surface area contributed by atoms with Crippen LogP contribution in [0.3, 0.4) is 0 Å². The zero-order chi connectivity index (χ0) is 17.6. The second kappa shape index (κ2) is 5.88. The first kappa shape index (κ1) is 16.2. The number of nitrogens with zero attached hydrogens (tertiary/aromatic N) is 1. The van der Waals surface area contributed by atoms with Crippen molar-refractivity contribution in [3.05, 3.63) is 82.7 Å². The number of aromatic nitrogens is 1. The Hall–Kier alpha value is -2.33. The SMILES string of the molecule is Cc1ccc(S(=O)(=O)n2ccc3c2C(C)CC2=C(/C=C\3)CC=C2)cc1. The average molecular weight is 351 g/mol. The number of hydrogen-bond donors (Lipinski definition) is 0. The molecule has 2 aliphatic carbocycles. The van der Waals surface area contributed by atoms with E-state index >= 15 is 0 Å². The molecule has 4 heteroatoms. The summed E-state index contributed by atoms with van der Waals surface area (Å²) in [7, 11) is -3.59. The molecule has 2 aromatic rings. The minimum Gasteiger partial charge on any atom is -0.245 e. The van der Waals surface area contributed by atoms with Gasteiger partial charge in [0, 0.05) is 17.8 Å². The summed E-state index contributed by atoms with van der Waals surface area (Å²) < 4.78 is 27.8. The number of allylic oxidation sites excluding steroid dienone is 5. The predicted octanol–water partition coefficient (Wildman–Crippen LogP) is 4.81. The second-order valence-electron chi connectivity index (χ2n) is 6.87. The van der Waals surface area contributed by atoms with Crippen LogP contribution < -0.4 is 0 Å². The summed E-state index contributed by atoms with van der Waals surface area (Å²) in [5.74, 6) is 0.128. The van der Waals surface area contributed by atoms with Gasteiger partial charge >= 0.3 is 0 Å². The molecule has 0 bridgehead atoms. The molecule has 1 aromatic carbocycles. The van der Waals surface area contributed by atoms with Gasteiger partial charge in [-0.15, -0.1) is 0 Å². The van der Waals surface area contributed by atoms with Gasteiger partial charge in [0.05, 0.1) is 4.90 Å². The van der Waals surface area contributed by atoms with Gasteiger partial charge in [-0.05, 0) is 54.7 Å². The van der Waals surface area contributed by atoms with Gasteiger partial charge in [0.2, 0.25) is 0 Å². The number of rotatable bonds is 2. The first-order chi connectivity index (χ1) is 12.0. The van der Waals surface area contributed by atoms with E-state index in [0.29, 0.717) is 4.90 Å². The number of aryl methyl sites for hydroxylation is 1. The van der Waals surface area contributed by atoms with E-state index in [2.05, 4.69) is 31.2 Å². The summed E-state index contributed by atoms with van der Waals surface area (Å²) in [4.78, 5) is 0.329. The van der Waals surface area contributed by atoms with Gasteiger partial charge in [0.1, 0.15) is 0 Å². The summed E-state index contributed by atoms with van der Waals surface area (Å²) in [5, 5.41) is 0. The van der Waals surface area contributed by atoms with Crippen LogP contribution in [-0.4, -0.2) is 12.4 Å². The number of benzene rings is 1. The molecule has 1 atom stereocenters. The van der Waals surface area contributed by atoms with Crippen molar-refractivity contribution in [3.63, 3.8) is 0 Å². The lowest BCUT2D eigenvalue weighted by Gasteiger charge is -2.20. The highest BCUT2D eigenvalue weighted by molar-refractivity contribution is 7.90. The molecule has 0 saturated heterocycles. The Bertz CT molecular complexity index is 1020. The third-order valence-electron chi connectivity index (χ3n) is 5.03. The summed E-state index contributed by atoms with van der Waals surface area (Å²) in [6.07, 6.45) is 12.0. The lowest BCUT2D eigenvalue weighted by molar-refractivity contribution is 0.581. The van der Waals surface area contributed by atoms with Crippen LogP contribution in [0, 0.1) is 6.92 Å². The fourth-order valence-corrected chi connectivity index (χ4v) is 5.15. The molecule has 0 radical (unpaired) electrons. The largest absolute Gasteiger partial charge is 0.267 e. The Morgan fingerprint density at radius 2 is 1.76 bits per heavy atom. The van der Waals surface area contributed by atoms with E-state index in [0.717, 1.165) is 29.7 Å². The van der Waals surface area contributed by atoms with E-state index in [9.17, 15) is 8.42 Å². The van der Waals surface area contributed by atoms with Gasteiger partial charge in [0.25, 0.3) is 10.0 Å². The molecular weight excluding hydrogens is 330 g/mol. The highest BCUT2D eigenvalue weighted by atomic mass is 32.2. The molecule has 25 heavy (non-hydrogen) atoms. The van der Waals surface area contributed by atoms with E-state index in [1.165, 1.54) is 15.1 Å². The minimum atomic E-state index is -3.59. The molecule has 1 aromatic heterocycles. The van der Waals surface area contributed by atoms with Crippen molar-refractivity contribution < 1.29 is 8.42 Å². The number of hydrogen-bond acceptors (Lipinski definition) is 2. The van der Waals surface area contributed by atoms with Crippen LogP contribution in [-0.2, 0) is 10.0 Å². The van der Waals surface area contributed by atoms with Crippen molar-refractivity contribution in [1.29, 1.82) is 0 Å². The Morgan fingerprint density at radius 3 is 2.52 bits per heavy atom. The highest BCUT2D eigenvalue weighted by Gasteiger charge is 2.26. The van der Waals surface area contributed by atoms with E-state index in [1.807, 2.05) is 25.1 Å². The van der Waals surface area contributed by atoms with E-state index in [1.54, 1.807) is 18.3 Å². The molecule has 0 saturated carbocycles. The third-order valence-corrected chi connectivity index (χ3v) is 6.73. The van der Waals surface area contributed by atoms with Gasteiger partial charge in [-0.25, -0.2) is 12.4 Å². The van der Waals surface area contributed by atoms with Crippen molar-refractivity contribution >= 4 is 16.1 Å². The van der Waals surface area contributed by atoms with Crippen LogP contribution in [0.15, 0.2) is 70.8 Å². The van der Waals surface area contributed by atoms with Crippen molar-refractivity contribution in [2.75, 3.05) is 0 Å². The zero-order valence-corrected chi connectivity index (χ0v) is 15.3. The van der Waals surface area contributed by atoms with Gasteiger partial charge in [-0.2, -0.15) is 0 Å². The Kier molecular flexibility index (Phi) is 3.80. The molecule has 2 aliphatic rings. The van der Waals surface area contributed by atoms with Crippen molar-refractivity contribution in [1.82, 2.24) is 3.97 Å². The van der Waals surface area contributed by atoms with Crippen LogP contribution in [0.5, 0.6) is 0 Å². The fraction of sp³-hybridized carbons (Fsp3) is 0.238. The van der Waals surface area contributed by atoms with E-state index in [4.69, 9.17) is 0 Å². The molecule has 0 N–H and O–H groups in total. The first-order valence-corrected chi connectivity index (χ1v) is 10.0. The summed E-state index contributed by atoms with van der Waals surface area (Å²) >= 11 is 0. The fourth-order valence-electron chi connectivity index (χ4n) is 3.67. The average Bonchev–Trinajstić information content (AvgIpc) is 3.18. The van der Waals surface area contributed by atoms with Crippen LogP contribution in [0.4, 0.5) is 0 Å². The highest BCUT2D eigenvalue weighted by Crippen LogP contribution is 2.36. The Balaban J connectivity index is 1.82. The minimum absolute atomic E-state index is 0.128. The van der Waals surface area contributed by atoms with Crippen LogP contribution in [0.1, 0.15) is 42.5 Å². The molecule has 0 spiro atoms. The molecule has 0 amide bonds. The van der Waals surface area contributed by atoms with Crippen molar-refractivity contribution in [2.24, 2.45) is 0 Å². The maximum atomic E-state index is 13.2. The monoisotopic (exact) mass is 351 g/mol. The van der Waals surface area contributed by atoms with Crippen LogP contribution in [0.25, 0.3) is 6.08 Å². The van der Waals surface area contributed by atoms with Gasteiger partial charge in [-0.1, -0.05) is 48.9 Å². The zero-order valence-electron chi connectivity index (χ0n) is 14.4. The Morgan fingerprint density at radius 1 is 1.00 bits per heavy atom. The topological polar surface area (TPSA) is 39.1 Å². The third kappa shape index (κ3) is 2.71. The second-order valence-corrected chi connectivity index (χ2v) is 8.68. The normalized spacial score (nSPS) is 20.8. The maximum absolute atomic E-state index is 13.2. The van der Waals surface area contributed by atoms with E-state index in [-0.39, 0.29) is 5.92 Å². The lowest BCUT2D eigenvalue weighted by atomic mass is 9.91. The Labute approximate surface area is 149 Å². The van der Waals surface area contributed by atoms with E-state index < -0.39 is 10.0 Å². The summed E-state index contributed by atoms with van der Waals surface area (Å²) in [6, 6.07) is 8.94. The van der Waals surface area contributed by atoms with Crippen molar-refractivity contribution in [3.8, 4) is 0 Å². The maximum Gasteiger partial charge on any atom is 0.267 e. The van der Waals surface area contributed by atoms with Gasteiger partial charge in [-0.3, -0.25) is 0 Å². The standard InChI is InChI=1S/C21H21NO2S/c1-15-6-10-20(11-7-15)25(23,24)22-13-12-18-9-8-17-4-3-5-19(17)14-16(2)21(18)22/h3,5-13,16H,4,14H2,1-2H3/b9-8-. The smallest absolute Gasteiger partial charge is 0.245 e. The molecule has 1 unspecified atom stereocenters. The van der Waals surface area contributed by atoms with Crippen LogP contribution >= 0.6 is 0 Å². The molecule has 3 nitrogen and oxygen atoms in total. The molecule has 1 heterocycles. The molecule has 0 fully saturated rings. The first-order valence-electron chi connectivity index (χ1n) is 8.57. The molecule has 0 aliphatic heterocycles. The predicted molar refractivity (Wildman–Crippen MR) is 101 cm³/mol. The molecular formula is C21H21NO2S. The van der Waals surface area contributed by atoms with Gasteiger partial charge < -0.3 is 0 Å². The lowest BCUT2D eigenvalue weighted by Crippen LogP contribution is -2.17. The van der Waals surface area contributed by atoms with Crippen LogP contribution in [0.2, 0.25) is 0 Å². The summed E-state index contributed by atoms with van der Waals surface area (Å²) in [6.45, 7) is 4.06. The molecule has 128 valence electrons. The van der Waals surface area contributed by atoms with Gasteiger partial charge in [0.15, 0.2) is 0 Å². The molecule has 4 rings (SSSR count). The summed E-state index contributed by atoms with van der Waals surface area (Å²) in [5.41, 5.74) is 5.55. The number of fused-ring (bicyclic) bond motifs is 1. The quantitative estimate of drug-likeness (QED) is 0.779. The van der Waals surface area contributed by atoms with Crippen molar-refractivity contribution in [2.45, 2.75) is 37.5 Å².